The second-order valence-corrected chi connectivity index (χ2v) is 9.78. The van der Waals surface area contributed by atoms with Crippen molar-refractivity contribution in [3.05, 3.63) is 41.6 Å². The summed E-state index contributed by atoms with van der Waals surface area (Å²) in [5.74, 6) is -0.594. The number of hydrogen-bond acceptors (Lipinski definition) is 8. The maximum absolute atomic E-state index is 13.9. The summed E-state index contributed by atoms with van der Waals surface area (Å²) in [4.78, 5) is 17.6. The summed E-state index contributed by atoms with van der Waals surface area (Å²) in [6.45, 7) is 2.63. The zero-order valence-electron chi connectivity index (χ0n) is 21.4. The van der Waals surface area contributed by atoms with E-state index in [1.165, 1.54) is 24.8 Å². The lowest BCUT2D eigenvalue weighted by molar-refractivity contribution is -0.139. The summed E-state index contributed by atoms with van der Waals surface area (Å²) < 4.78 is 58.0. The number of carbonyl (C=O) groups is 1. The van der Waals surface area contributed by atoms with E-state index in [9.17, 15) is 18.0 Å². The summed E-state index contributed by atoms with van der Waals surface area (Å²) in [5.41, 5.74) is 9.89. The Kier molecular flexibility index (Phi) is 8.49. The van der Waals surface area contributed by atoms with Crippen LogP contribution in [0.1, 0.15) is 69.7 Å². The molecule has 12 heteroatoms. The summed E-state index contributed by atoms with van der Waals surface area (Å²) in [6, 6.07) is 3.72. The van der Waals surface area contributed by atoms with Gasteiger partial charge in [0.2, 0.25) is 5.82 Å². The molecule has 1 amide bonds. The molecule has 208 valence electrons. The zero-order valence-corrected chi connectivity index (χ0v) is 21.4. The summed E-state index contributed by atoms with van der Waals surface area (Å²) in [5, 5.41) is 3.89. The van der Waals surface area contributed by atoms with Gasteiger partial charge in [-0.2, -0.15) is 18.2 Å². The van der Waals surface area contributed by atoms with E-state index in [1.807, 2.05) is 0 Å². The molecule has 0 radical (unpaired) electrons. The molecule has 38 heavy (non-hydrogen) atoms. The predicted octanol–water partition coefficient (Wildman–Crippen LogP) is 4.68. The number of aromatic nitrogens is 2. The maximum atomic E-state index is 13.9. The lowest BCUT2D eigenvalue weighted by Crippen LogP contribution is -2.47. The molecule has 1 saturated heterocycles. The SMILES string of the molecule is CCO/C(=C\N1CCC[C@@]1(N)c1nc(-c2ccc(OCCC3CCCCC3)c(C(F)(F)F)c2)no1)C(N)=O. The Labute approximate surface area is 219 Å². The van der Waals surface area contributed by atoms with Crippen LogP contribution >= 0.6 is 0 Å². The van der Waals surface area contributed by atoms with Crippen LogP contribution in [0.15, 0.2) is 34.7 Å². The molecule has 1 aromatic carbocycles. The van der Waals surface area contributed by atoms with Crippen molar-refractivity contribution in [2.24, 2.45) is 17.4 Å². The molecule has 2 aliphatic rings. The van der Waals surface area contributed by atoms with Crippen molar-refractivity contribution in [3.8, 4) is 17.1 Å². The first-order valence-electron chi connectivity index (χ1n) is 13.0. The number of alkyl halides is 3. The molecular formula is C26H34F3N5O4. The monoisotopic (exact) mass is 537 g/mol. The van der Waals surface area contributed by atoms with Gasteiger partial charge in [0.05, 0.1) is 18.8 Å². The summed E-state index contributed by atoms with van der Waals surface area (Å²) in [6.07, 6.45) is 4.31. The van der Waals surface area contributed by atoms with Crippen LogP contribution in [-0.2, 0) is 21.4 Å². The lowest BCUT2D eigenvalue weighted by Gasteiger charge is -2.30. The Hall–Kier alpha value is -3.28. The molecule has 1 saturated carbocycles. The molecule has 1 atom stereocenters. The number of rotatable bonds is 10. The van der Waals surface area contributed by atoms with Crippen molar-refractivity contribution in [2.75, 3.05) is 19.8 Å². The number of ether oxygens (including phenoxy) is 2. The van der Waals surface area contributed by atoms with Crippen LogP contribution in [0.4, 0.5) is 13.2 Å². The number of primary amides is 1. The first-order chi connectivity index (χ1) is 18.1. The molecule has 0 spiro atoms. The molecule has 0 bridgehead atoms. The largest absolute Gasteiger partial charge is 0.493 e. The van der Waals surface area contributed by atoms with Crippen LogP contribution in [0.5, 0.6) is 5.75 Å². The van der Waals surface area contributed by atoms with Crippen molar-refractivity contribution < 1.29 is 32.0 Å². The molecule has 1 aliphatic carbocycles. The van der Waals surface area contributed by atoms with Crippen LogP contribution < -0.4 is 16.2 Å². The number of carbonyl (C=O) groups excluding carboxylic acids is 1. The molecule has 2 heterocycles. The minimum absolute atomic E-state index is 0.00272. The number of benzene rings is 1. The highest BCUT2D eigenvalue weighted by molar-refractivity contribution is 5.89. The Morgan fingerprint density at radius 3 is 2.71 bits per heavy atom. The van der Waals surface area contributed by atoms with Crippen LogP contribution in [0.3, 0.4) is 0 Å². The maximum Gasteiger partial charge on any atom is 0.419 e. The van der Waals surface area contributed by atoms with Gasteiger partial charge in [-0.25, -0.2) is 0 Å². The third kappa shape index (κ3) is 6.23. The average molecular weight is 538 g/mol. The van der Waals surface area contributed by atoms with Gasteiger partial charge in [0.15, 0.2) is 11.4 Å². The second kappa shape index (κ2) is 11.6. The van der Waals surface area contributed by atoms with Crippen molar-refractivity contribution >= 4 is 5.91 Å². The van der Waals surface area contributed by atoms with Gasteiger partial charge < -0.3 is 30.4 Å². The van der Waals surface area contributed by atoms with Crippen LogP contribution in [0.2, 0.25) is 0 Å². The lowest BCUT2D eigenvalue weighted by atomic mass is 9.87. The number of amides is 1. The number of nitrogens with zero attached hydrogens (tertiary/aromatic N) is 3. The Morgan fingerprint density at radius 1 is 1.26 bits per heavy atom. The normalized spacial score (nSPS) is 21.1. The van der Waals surface area contributed by atoms with E-state index in [1.54, 1.807) is 11.8 Å². The molecule has 2 aromatic rings. The zero-order chi connectivity index (χ0) is 27.3. The highest BCUT2D eigenvalue weighted by atomic mass is 19.4. The fraction of sp³-hybridized carbons (Fsp3) is 0.577. The third-order valence-electron chi connectivity index (χ3n) is 7.13. The van der Waals surface area contributed by atoms with Gasteiger partial charge in [-0.15, -0.1) is 0 Å². The van der Waals surface area contributed by atoms with E-state index in [0.717, 1.165) is 38.2 Å². The van der Waals surface area contributed by atoms with E-state index in [0.29, 0.717) is 25.3 Å². The highest BCUT2D eigenvalue weighted by Gasteiger charge is 2.43. The van der Waals surface area contributed by atoms with Crippen molar-refractivity contribution in [2.45, 2.75) is 70.1 Å². The van der Waals surface area contributed by atoms with E-state index in [-0.39, 0.29) is 42.0 Å². The molecule has 2 fully saturated rings. The number of halogens is 3. The molecule has 0 unspecified atom stereocenters. The van der Waals surface area contributed by atoms with Gasteiger partial charge in [-0.05, 0) is 50.3 Å². The smallest absolute Gasteiger partial charge is 0.419 e. The third-order valence-corrected chi connectivity index (χ3v) is 7.13. The van der Waals surface area contributed by atoms with Crippen molar-refractivity contribution in [1.29, 1.82) is 0 Å². The average Bonchev–Trinajstić information content (AvgIpc) is 3.52. The predicted molar refractivity (Wildman–Crippen MR) is 132 cm³/mol. The Balaban J connectivity index is 1.54. The number of nitrogens with two attached hydrogens (primary N) is 2. The van der Waals surface area contributed by atoms with E-state index < -0.39 is 23.3 Å². The Bertz CT molecular complexity index is 1150. The van der Waals surface area contributed by atoms with Crippen molar-refractivity contribution in [1.82, 2.24) is 15.0 Å². The van der Waals surface area contributed by atoms with E-state index in [4.69, 9.17) is 25.5 Å². The minimum Gasteiger partial charge on any atom is -0.493 e. The van der Waals surface area contributed by atoms with Crippen LogP contribution in [-0.4, -0.2) is 40.7 Å². The molecule has 4 rings (SSSR count). The standard InChI is InChI=1S/C26H34F3N5O4/c1-2-36-21(22(30)35)16-34-13-6-12-25(34,31)24-32-23(33-38-24)18-9-10-20(19(15-18)26(27,28)29)37-14-11-17-7-4-3-5-8-17/h9-10,15-17H,2-8,11-14,31H2,1H3,(H2,30,35)/b21-16-/t25-/m0/s1. The van der Waals surface area contributed by atoms with Crippen LogP contribution in [0.25, 0.3) is 11.4 Å². The molecule has 4 N–H and O–H groups in total. The van der Waals surface area contributed by atoms with Gasteiger partial charge in [-0.1, -0.05) is 37.3 Å². The van der Waals surface area contributed by atoms with Gasteiger partial charge in [0.25, 0.3) is 11.8 Å². The number of hydrogen-bond donors (Lipinski definition) is 2. The van der Waals surface area contributed by atoms with Gasteiger partial charge in [-0.3, -0.25) is 4.79 Å². The molecule has 1 aliphatic heterocycles. The van der Waals surface area contributed by atoms with Gasteiger partial charge in [0.1, 0.15) is 5.75 Å². The summed E-state index contributed by atoms with van der Waals surface area (Å²) >= 11 is 0. The van der Waals surface area contributed by atoms with E-state index in [2.05, 4.69) is 10.1 Å². The second-order valence-electron chi connectivity index (χ2n) is 9.78. The van der Waals surface area contributed by atoms with Crippen molar-refractivity contribution in [3.63, 3.8) is 0 Å². The minimum atomic E-state index is -4.63. The van der Waals surface area contributed by atoms with E-state index >= 15 is 0 Å². The topological polar surface area (TPSA) is 130 Å². The summed E-state index contributed by atoms with van der Waals surface area (Å²) in [7, 11) is 0. The Morgan fingerprint density at radius 2 is 2.03 bits per heavy atom. The van der Waals surface area contributed by atoms with Gasteiger partial charge in [0, 0.05) is 18.3 Å². The molecule has 9 nitrogen and oxygen atoms in total. The highest BCUT2D eigenvalue weighted by Crippen LogP contribution is 2.40. The molecular weight excluding hydrogens is 503 g/mol. The first-order valence-corrected chi connectivity index (χ1v) is 13.0. The van der Waals surface area contributed by atoms with Crippen LogP contribution in [0, 0.1) is 5.92 Å². The molecule has 1 aromatic heterocycles. The number of likely N-dealkylation sites (tertiary alicyclic amines) is 1. The fourth-order valence-electron chi connectivity index (χ4n) is 5.09. The fourth-order valence-corrected chi connectivity index (χ4v) is 5.09. The van der Waals surface area contributed by atoms with Gasteiger partial charge >= 0.3 is 6.18 Å². The quantitative estimate of drug-likeness (QED) is 0.330. The first kappa shape index (κ1) is 27.7.